The molecular formula is C22H26N8O12P2S. The number of fused-ring (bicyclic) bond motifs is 5. The molecule has 3 saturated heterocycles. The molecule has 2 unspecified atom stereocenters. The van der Waals surface area contributed by atoms with Crippen LogP contribution in [0.5, 0.6) is 0 Å². The van der Waals surface area contributed by atoms with E-state index in [4.69, 9.17) is 50.8 Å². The number of H-pyrrole nitrogens is 1. The lowest BCUT2D eigenvalue weighted by Gasteiger charge is -2.27. The highest BCUT2D eigenvalue weighted by molar-refractivity contribution is 8.07. The molecule has 20 nitrogen and oxygen atoms in total. The van der Waals surface area contributed by atoms with Gasteiger partial charge < -0.3 is 50.0 Å². The quantitative estimate of drug-likeness (QED) is 0.124. The van der Waals surface area contributed by atoms with E-state index in [9.17, 15) is 29.4 Å². The second-order valence-corrected chi connectivity index (χ2v) is 14.6. The summed E-state index contributed by atoms with van der Waals surface area (Å²) in [6.45, 7) is -5.51. The van der Waals surface area contributed by atoms with Crippen molar-refractivity contribution in [1.29, 1.82) is 0 Å². The number of phosphoric ester groups is 1. The molecule has 3 fully saturated rings. The Kier molecular flexibility index (Phi) is 7.61. The molecule has 23 heteroatoms. The second-order valence-electron chi connectivity index (χ2n) is 10.4. The fourth-order valence-electron chi connectivity index (χ4n) is 5.52. The highest BCUT2D eigenvalue weighted by atomic mass is 32.5. The zero-order chi connectivity index (χ0) is 31.8. The molecule has 3 aliphatic rings. The van der Waals surface area contributed by atoms with Crippen LogP contribution in [0.4, 0.5) is 11.6 Å². The third kappa shape index (κ3) is 5.48. The monoisotopic (exact) mass is 688 g/mol. The molecule has 45 heavy (non-hydrogen) atoms. The molecule has 242 valence electrons. The zero-order valence-electron chi connectivity index (χ0n) is 22.7. The van der Waals surface area contributed by atoms with Gasteiger partial charge in [-0.1, -0.05) is 0 Å². The van der Waals surface area contributed by atoms with Crippen LogP contribution >= 0.6 is 14.5 Å². The normalized spacial score (nSPS) is 37.7. The van der Waals surface area contributed by atoms with Gasteiger partial charge in [-0.3, -0.25) is 27.9 Å². The van der Waals surface area contributed by atoms with Crippen molar-refractivity contribution in [3.8, 4) is 0 Å². The predicted octanol–water partition coefficient (Wildman–Crippen LogP) is -1.02. The number of nitrogens with one attached hydrogen (secondary N) is 1. The summed E-state index contributed by atoms with van der Waals surface area (Å²) in [5.74, 6) is -0.214. The number of hydrogen-bond acceptors (Lipinski definition) is 16. The van der Waals surface area contributed by atoms with Crippen molar-refractivity contribution >= 4 is 60.2 Å². The summed E-state index contributed by atoms with van der Waals surface area (Å²) < 4.78 is 49.6. The molecule has 0 amide bonds. The molecule has 10 atom stereocenters. The van der Waals surface area contributed by atoms with Gasteiger partial charge in [-0.15, -0.1) is 0 Å². The van der Waals surface area contributed by atoms with E-state index < -0.39 is 82.4 Å². The molecule has 0 spiro atoms. The number of nitrogens with two attached hydrogens (primary N) is 2. The number of aromatic amines is 1. The summed E-state index contributed by atoms with van der Waals surface area (Å²) in [4.78, 5) is 49.0. The van der Waals surface area contributed by atoms with Gasteiger partial charge in [-0.2, -0.15) is 4.98 Å². The number of phosphoric acid groups is 1. The molecule has 0 aliphatic carbocycles. The number of rotatable bonds is 2. The van der Waals surface area contributed by atoms with Gasteiger partial charge in [-0.25, -0.2) is 14.5 Å². The number of anilines is 2. The zero-order valence-corrected chi connectivity index (χ0v) is 25.3. The Labute approximate surface area is 256 Å². The smallest absolute Gasteiger partial charge is 0.397 e. The van der Waals surface area contributed by atoms with Crippen LogP contribution in [0.15, 0.2) is 35.6 Å². The Morgan fingerprint density at radius 2 is 1.71 bits per heavy atom. The average Bonchev–Trinajstić information content (AvgIpc) is 3.72. The summed E-state index contributed by atoms with van der Waals surface area (Å²) in [6.07, 6.45) is -7.31. The molecule has 0 radical (unpaired) electrons. The molecule has 2 bridgehead atoms. The van der Waals surface area contributed by atoms with Gasteiger partial charge in [0, 0.05) is 12.4 Å². The number of aromatic nitrogens is 6. The van der Waals surface area contributed by atoms with Crippen LogP contribution in [-0.2, 0) is 43.9 Å². The van der Waals surface area contributed by atoms with Crippen molar-refractivity contribution in [2.75, 3.05) is 24.7 Å². The standard InChI is InChI=1S/C22H26N8O12P2S/c23-9-1-3-25-18-12(9)26-7-30(18)20-14(32)15-11(40-20)6-37-43(34,35)41-16-13(31)10(5-38-44(36,45)42-15)39-21(16)29-4-2-8-17(29)27-22(24)28-19(8)33/h1-4,7,10-11,13-16,20-21,31-32H,5-6H2,(H2,23,25)(H,34,35)(H,36,45)(H3,24,27,28,33)/t10-,11-,13-,14-,15-,16-,20-,21-,44?/m1/s1. The fourth-order valence-corrected chi connectivity index (χ4v) is 7.89. The third-order valence-electron chi connectivity index (χ3n) is 7.58. The van der Waals surface area contributed by atoms with Gasteiger partial charge in [-0.05, 0) is 23.9 Å². The Balaban J connectivity index is 1.21. The van der Waals surface area contributed by atoms with Crippen molar-refractivity contribution in [2.45, 2.75) is 49.1 Å². The molecule has 3 aliphatic heterocycles. The minimum Gasteiger partial charge on any atom is -0.397 e. The van der Waals surface area contributed by atoms with Gasteiger partial charge in [0.1, 0.15) is 42.1 Å². The highest BCUT2D eigenvalue weighted by Crippen LogP contribution is 2.54. The number of nitrogens with zero attached hydrogens (tertiary/aromatic N) is 5. The topological polar surface area (TPSA) is 287 Å². The number of aliphatic hydroxyl groups excluding tert-OH is 2. The van der Waals surface area contributed by atoms with E-state index in [0.29, 0.717) is 11.2 Å². The van der Waals surface area contributed by atoms with Gasteiger partial charge >= 0.3 is 14.5 Å². The maximum atomic E-state index is 13.2. The molecule has 7 heterocycles. The summed E-state index contributed by atoms with van der Waals surface area (Å²) in [5, 5.41) is 22.4. The number of pyridine rings is 1. The first-order valence-electron chi connectivity index (χ1n) is 13.2. The third-order valence-corrected chi connectivity index (χ3v) is 10.1. The Bertz CT molecular complexity index is 1940. The van der Waals surface area contributed by atoms with E-state index in [2.05, 4.69) is 19.9 Å². The van der Waals surface area contributed by atoms with Gasteiger partial charge in [0.2, 0.25) is 5.95 Å². The fraction of sp³-hybridized carbons (Fsp3) is 0.455. The van der Waals surface area contributed by atoms with Crippen LogP contribution in [0.1, 0.15) is 12.5 Å². The van der Waals surface area contributed by atoms with Crippen LogP contribution in [0, 0.1) is 0 Å². The first-order chi connectivity index (χ1) is 21.3. The lowest BCUT2D eigenvalue weighted by molar-refractivity contribution is -0.0646. The van der Waals surface area contributed by atoms with Crippen molar-refractivity contribution in [1.82, 2.24) is 29.1 Å². The number of ether oxygens (including phenoxy) is 2. The SMILES string of the molecule is Nc1nc2c(ccn2[C@@H]2O[C@@H]3COP(O)(=S)O[C@H]4[C@@H](O)[C@H](n5cnc6c(N)ccnc65)O[C@@H]4COP(=O)(O)O[C@@H]2[C@@H]3O)c(=O)[nH]1. The van der Waals surface area contributed by atoms with E-state index in [0.717, 1.165) is 0 Å². The molecule has 4 aromatic rings. The van der Waals surface area contributed by atoms with Crippen LogP contribution in [0.2, 0.25) is 0 Å². The van der Waals surface area contributed by atoms with Gasteiger partial charge in [0.05, 0.1) is 30.6 Å². The molecule has 4 aromatic heterocycles. The molecule has 0 aromatic carbocycles. The van der Waals surface area contributed by atoms with Crippen molar-refractivity contribution in [3.63, 3.8) is 0 Å². The van der Waals surface area contributed by atoms with Crippen LogP contribution in [-0.4, -0.2) is 98.9 Å². The maximum absolute atomic E-state index is 13.2. The van der Waals surface area contributed by atoms with Crippen LogP contribution < -0.4 is 17.0 Å². The minimum atomic E-state index is -5.03. The average molecular weight is 689 g/mol. The molecule has 0 saturated carbocycles. The first kappa shape index (κ1) is 30.8. The lowest BCUT2D eigenvalue weighted by Crippen LogP contribution is -2.36. The molecule has 7 rings (SSSR count). The Morgan fingerprint density at radius 3 is 2.51 bits per heavy atom. The molecular weight excluding hydrogens is 662 g/mol. The number of imidazole rings is 1. The van der Waals surface area contributed by atoms with Crippen LogP contribution in [0.3, 0.4) is 0 Å². The summed E-state index contributed by atoms with van der Waals surface area (Å²) in [5.41, 5.74) is 12.1. The number of aliphatic hydroxyl groups is 2. The van der Waals surface area contributed by atoms with E-state index in [1.165, 1.54) is 33.9 Å². The van der Waals surface area contributed by atoms with Crippen molar-refractivity contribution < 1.29 is 52.1 Å². The highest BCUT2D eigenvalue weighted by Gasteiger charge is 2.53. The van der Waals surface area contributed by atoms with Crippen LogP contribution in [0.25, 0.3) is 22.2 Å². The van der Waals surface area contributed by atoms with E-state index >= 15 is 0 Å². The first-order valence-corrected chi connectivity index (χ1v) is 17.3. The van der Waals surface area contributed by atoms with Gasteiger partial charge in [0.15, 0.2) is 23.8 Å². The summed E-state index contributed by atoms with van der Waals surface area (Å²) in [6, 6.07) is 2.94. The Hall–Kier alpha value is -2.88. The largest absolute Gasteiger partial charge is 0.472 e. The minimum absolute atomic E-state index is 0.0273. The lowest BCUT2D eigenvalue weighted by atomic mass is 10.1. The van der Waals surface area contributed by atoms with Gasteiger partial charge in [0.25, 0.3) is 5.56 Å². The predicted molar refractivity (Wildman–Crippen MR) is 155 cm³/mol. The maximum Gasteiger partial charge on any atom is 0.472 e. The number of nitrogen functional groups attached to an aromatic ring is 2. The Morgan fingerprint density at radius 1 is 0.956 bits per heavy atom. The summed E-state index contributed by atoms with van der Waals surface area (Å²) in [7, 11) is -5.03. The summed E-state index contributed by atoms with van der Waals surface area (Å²) >= 11 is 5.19. The second kappa shape index (κ2) is 11.1. The van der Waals surface area contributed by atoms with Crippen molar-refractivity contribution in [2.24, 2.45) is 0 Å². The number of hydrogen-bond donors (Lipinski definition) is 7. The van der Waals surface area contributed by atoms with E-state index in [-0.39, 0.29) is 22.6 Å². The van der Waals surface area contributed by atoms with E-state index in [1.807, 2.05) is 0 Å². The molecule has 9 N–H and O–H groups in total. The van der Waals surface area contributed by atoms with E-state index in [1.54, 1.807) is 6.07 Å². The van der Waals surface area contributed by atoms with Crippen molar-refractivity contribution in [3.05, 3.63) is 41.2 Å².